The summed E-state index contributed by atoms with van der Waals surface area (Å²) in [6.07, 6.45) is 10.3. The Morgan fingerprint density at radius 1 is 0.929 bits per heavy atom. The molecule has 5 nitrogen and oxygen atoms in total. The Labute approximate surface area is 165 Å². The van der Waals surface area contributed by atoms with Gasteiger partial charge in [-0.3, -0.25) is 4.79 Å². The predicted molar refractivity (Wildman–Crippen MR) is 105 cm³/mol. The third-order valence-electron chi connectivity index (χ3n) is 6.89. The highest BCUT2D eigenvalue weighted by Gasteiger charge is 2.48. The van der Waals surface area contributed by atoms with E-state index in [0.29, 0.717) is 17.4 Å². The number of esters is 1. The maximum absolute atomic E-state index is 12.4. The van der Waals surface area contributed by atoms with Gasteiger partial charge in [-0.15, -0.1) is 0 Å². The molecule has 4 fully saturated rings. The zero-order chi connectivity index (χ0) is 19.1. The largest absolute Gasteiger partial charge is 0.452 e. The van der Waals surface area contributed by atoms with Crippen molar-refractivity contribution in [1.82, 2.24) is 9.88 Å². The molecule has 146 valence electrons. The summed E-state index contributed by atoms with van der Waals surface area (Å²) in [4.78, 5) is 24.7. The molecule has 4 aliphatic carbocycles. The lowest BCUT2D eigenvalue weighted by Gasteiger charge is -2.54. The van der Waals surface area contributed by atoms with E-state index in [1.807, 2.05) is 41.2 Å². The van der Waals surface area contributed by atoms with Crippen LogP contribution in [0.1, 0.15) is 42.5 Å². The fourth-order valence-electron chi connectivity index (χ4n) is 5.88. The van der Waals surface area contributed by atoms with Crippen LogP contribution >= 0.6 is 0 Å². The van der Waals surface area contributed by atoms with Gasteiger partial charge in [0.15, 0.2) is 6.61 Å². The van der Waals surface area contributed by atoms with Gasteiger partial charge in [0.05, 0.1) is 5.56 Å². The summed E-state index contributed by atoms with van der Waals surface area (Å²) in [6.45, 7) is -0.207. The molecule has 4 aliphatic rings. The van der Waals surface area contributed by atoms with Crippen molar-refractivity contribution in [2.75, 3.05) is 6.61 Å². The van der Waals surface area contributed by atoms with Crippen LogP contribution in [0.25, 0.3) is 5.69 Å². The Balaban J connectivity index is 1.14. The first-order chi connectivity index (χ1) is 13.7. The van der Waals surface area contributed by atoms with Crippen LogP contribution in [0.2, 0.25) is 0 Å². The smallest absolute Gasteiger partial charge is 0.338 e. The Morgan fingerprint density at radius 3 is 2.14 bits per heavy atom. The van der Waals surface area contributed by atoms with Gasteiger partial charge in [-0.1, -0.05) is 0 Å². The molecule has 0 aliphatic heterocycles. The number of rotatable bonds is 5. The summed E-state index contributed by atoms with van der Waals surface area (Å²) in [7, 11) is 0. The minimum absolute atomic E-state index is 0.171. The summed E-state index contributed by atoms with van der Waals surface area (Å²) in [6, 6.07) is 11.4. The van der Waals surface area contributed by atoms with Crippen molar-refractivity contribution < 1.29 is 14.3 Å². The standard InChI is InChI=1S/C23H26N2O3/c26-21(24-22-18-10-15-9-16(12-18)13-19(22)11-15)14-28-23(27)17-3-5-20(6-4-17)25-7-1-2-8-25/h1-8,15-16,18-19,22H,9-14H2,(H,24,26). The highest BCUT2D eigenvalue weighted by Crippen LogP contribution is 2.53. The number of ether oxygens (including phenoxy) is 1. The van der Waals surface area contributed by atoms with Crippen molar-refractivity contribution >= 4 is 11.9 Å². The van der Waals surface area contributed by atoms with E-state index in [4.69, 9.17) is 4.74 Å². The summed E-state index contributed by atoms with van der Waals surface area (Å²) >= 11 is 0. The first-order valence-electron chi connectivity index (χ1n) is 10.4. The molecule has 1 aromatic carbocycles. The minimum Gasteiger partial charge on any atom is -0.452 e. The molecule has 1 N–H and O–H groups in total. The monoisotopic (exact) mass is 378 g/mol. The number of amides is 1. The predicted octanol–water partition coefficient (Wildman–Crippen LogP) is 3.58. The number of nitrogens with one attached hydrogen (secondary N) is 1. The molecule has 4 saturated carbocycles. The third-order valence-corrected chi connectivity index (χ3v) is 6.89. The number of aromatic nitrogens is 1. The number of benzene rings is 1. The molecule has 5 heteroatoms. The molecule has 0 atom stereocenters. The van der Waals surface area contributed by atoms with Crippen LogP contribution in [-0.4, -0.2) is 29.1 Å². The first-order valence-corrected chi connectivity index (χ1v) is 10.4. The first kappa shape index (κ1) is 17.5. The Morgan fingerprint density at radius 2 is 1.54 bits per heavy atom. The van der Waals surface area contributed by atoms with Crippen LogP contribution in [-0.2, 0) is 9.53 Å². The molecule has 28 heavy (non-hydrogen) atoms. The Bertz CT molecular complexity index is 828. The van der Waals surface area contributed by atoms with Crippen LogP contribution in [0, 0.1) is 23.7 Å². The summed E-state index contributed by atoms with van der Waals surface area (Å²) in [5.41, 5.74) is 1.43. The van der Waals surface area contributed by atoms with E-state index in [1.165, 1.54) is 32.1 Å². The molecule has 1 heterocycles. The van der Waals surface area contributed by atoms with Crippen LogP contribution < -0.4 is 5.32 Å². The van der Waals surface area contributed by atoms with Crippen molar-refractivity contribution in [2.24, 2.45) is 23.7 Å². The second-order valence-corrected chi connectivity index (χ2v) is 8.74. The van der Waals surface area contributed by atoms with E-state index < -0.39 is 5.97 Å². The van der Waals surface area contributed by atoms with E-state index in [1.54, 1.807) is 12.1 Å². The van der Waals surface area contributed by atoms with Crippen molar-refractivity contribution in [3.63, 3.8) is 0 Å². The van der Waals surface area contributed by atoms with Crippen LogP contribution in [0.3, 0.4) is 0 Å². The number of nitrogens with zero attached hydrogens (tertiary/aromatic N) is 1. The second kappa shape index (κ2) is 7.12. The summed E-state index contributed by atoms with van der Waals surface area (Å²) in [5.74, 6) is 2.37. The molecule has 0 spiro atoms. The van der Waals surface area contributed by atoms with E-state index in [9.17, 15) is 9.59 Å². The van der Waals surface area contributed by atoms with Crippen LogP contribution in [0.4, 0.5) is 0 Å². The highest BCUT2D eigenvalue weighted by atomic mass is 16.5. The minimum atomic E-state index is -0.459. The molecular formula is C23H26N2O3. The zero-order valence-electron chi connectivity index (χ0n) is 15.9. The summed E-state index contributed by atoms with van der Waals surface area (Å²) < 4.78 is 7.22. The van der Waals surface area contributed by atoms with Crippen molar-refractivity contribution in [3.05, 3.63) is 54.4 Å². The molecule has 1 aromatic heterocycles. The fourth-order valence-corrected chi connectivity index (χ4v) is 5.88. The van der Waals surface area contributed by atoms with Gasteiger partial charge in [-0.25, -0.2) is 4.79 Å². The Kier molecular flexibility index (Phi) is 4.46. The lowest BCUT2D eigenvalue weighted by Crippen LogP contribution is -2.56. The average molecular weight is 378 g/mol. The normalized spacial score (nSPS) is 30.2. The molecular weight excluding hydrogens is 352 g/mol. The van der Waals surface area contributed by atoms with Gasteiger partial charge in [-0.05, 0) is 92.2 Å². The number of hydrogen-bond acceptors (Lipinski definition) is 3. The third kappa shape index (κ3) is 3.34. The van der Waals surface area contributed by atoms with Gasteiger partial charge >= 0.3 is 5.97 Å². The number of carbonyl (C=O) groups is 2. The average Bonchev–Trinajstić information content (AvgIpc) is 3.23. The van der Waals surface area contributed by atoms with Crippen molar-refractivity contribution in [3.8, 4) is 5.69 Å². The molecule has 4 bridgehead atoms. The second-order valence-electron chi connectivity index (χ2n) is 8.74. The molecule has 6 rings (SSSR count). The Hall–Kier alpha value is -2.56. The van der Waals surface area contributed by atoms with Crippen molar-refractivity contribution in [1.29, 1.82) is 0 Å². The number of hydrogen-bond donors (Lipinski definition) is 1. The highest BCUT2D eigenvalue weighted by molar-refractivity contribution is 5.91. The summed E-state index contributed by atoms with van der Waals surface area (Å²) in [5, 5.41) is 3.18. The molecule has 2 aromatic rings. The molecule has 0 saturated heterocycles. The van der Waals surface area contributed by atoms with E-state index in [-0.39, 0.29) is 18.6 Å². The van der Waals surface area contributed by atoms with Gasteiger partial charge in [-0.2, -0.15) is 0 Å². The van der Waals surface area contributed by atoms with Crippen molar-refractivity contribution in [2.45, 2.75) is 38.1 Å². The maximum atomic E-state index is 12.4. The SMILES string of the molecule is O=C(COC(=O)c1ccc(-n2cccc2)cc1)NC1C2CC3CC(C2)CC1C3. The van der Waals surface area contributed by atoms with Gasteiger partial charge < -0.3 is 14.6 Å². The van der Waals surface area contributed by atoms with E-state index in [2.05, 4.69) is 5.32 Å². The van der Waals surface area contributed by atoms with Gasteiger partial charge in [0.2, 0.25) is 0 Å². The van der Waals surface area contributed by atoms with Crippen LogP contribution in [0.5, 0.6) is 0 Å². The van der Waals surface area contributed by atoms with Gasteiger partial charge in [0, 0.05) is 24.1 Å². The fraction of sp³-hybridized carbons (Fsp3) is 0.478. The lowest BCUT2D eigenvalue weighted by atomic mass is 9.54. The van der Waals surface area contributed by atoms with E-state index >= 15 is 0 Å². The molecule has 0 radical (unpaired) electrons. The van der Waals surface area contributed by atoms with Crippen LogP contribution in [0.15, 0.2) is 48.8 Å². The van der Waals surface area contributed by atoms with Gasteiger partial charge in [0.1, 0.15) is 0 Å². The number of carbonyl (C=O) groups excluding carboxylic acids is 2. The lowest BCUT2D eigenvalue weighted by molar-refractivity contribution is -0.128. The topological polar surface area (TPSA) is 60.3 Å². The van der Waals surface area contributed by atoms with Gasteiger partial charge in [0.25, 0.3) is 5.91 Å². The molecule has 1 amide bonds. The maximum Gasteiger partial charge on any atom is 0.338 e. The zero-order valence-corrected chi connectivity index (χ0v) is 15.9. The molecule has 0 unspecified atom stereocenters. The quantitative estimate of drug-likeness (QED) is 0.809. The van der Waals surface area contributed by atoms with E-state index in [0.717, 1.165) is 17.5 Å².